The van der Waals surface area contributed by atoms with Gasteiger partial charge in [-0.15, -0.1) is 0 Å². The molecule has 1 N–H and O–H groups in total. The number of rotatable bonds is 3. The van der Waals surface area contributed by atoms with Crippen molar-refractivity contribution in [3.63, 3.8) is 0 Å². The largest absolute Gasteiger partial charge is 0.477 e. The first kappa shape index (κ1) is 12.4. The van der Waals surface area contributed by atoms with Crippen molar-refractivity contribution >= 4 is 33.8 Å². The summed E-state index contributed by atoms with van der Waals surface area (Å²) in [5.74, 6) is -1.56. The van der Waals surface area contributed by atoms with Crippen LogP contribution in [0, 0.1) is 0 Å². The molecule has 0 radical (unpaired) electrons. The van der Waals surface area contributed by atoms with Gasteiger partial charge in [0.25, 0.3) is 10.1 Å². The lowest BCUT2D eigenvalue weighted by atomic mass is 10.1. The van der Waals surface area contributed by atoms with Crippen LogP contribution < -0.4 is 0 Å². The molecule has 17 heavy (non-hydrogen) atoms. The van der Waals surface area contributed by atoms with Crippen LogP contribution in [0.4, 0.5) is 0 Å². The average molecular weight is 279 g/mol. The van der Waals surface area contributed by atoms with E-state index in [1.807, 2.05) is 0 Å². The highest BCUT2D eigenvalue weighted by atomic mass is 32.2. The lowest BCUT2D eigenvalue weighted by molar-refractivity contribution is -0.146. The fourth-order valence-electron chi connectivity index (χ4n) is 1.59. The molecule has 0 saturated carbocycles. The van der Waals surface area contributed by atoms with Crippen LogP contribution in [-0.2, 0) is 23.9 Å². The first-order valence-corrected chi connectivity index (χ1v) is 7.35. The number of hydrogen-bond acceptors (Lipinski definition) is 6. The van der Waals surface area contributed by atoms with Crippen LogP contribution in [-0.4, -0.2) is 47.4 Å². The van der Waals surface area contributed by atoms with Gasteiger partial charge in [-0.25, -0.2) is 4.79 Å². The maximum atomic E-state index is 11.2. The van der Waals surface area contributed by atoms with Gasteiger partial charge in [-0.05, 0) is 6.08 Å². The molecule has 1 saturated heterocycles. The van der Waals surface area contributed by atoms with Crippen LogP contribution in [0.1, 0.15) is 6.42 Å². The Morgan fingerprint density at radius 1 is 1.65 bits per heavy atom. The number of carbonyl (C=O) groups is 2. The van der Waals surface area contributed by atoms with E-state index in [1.165, 1.54) is 0 Å². The number of amides is 1. The normalized spacial score (nSPS) is 28.2. The van der Waals surface area contributed by atoms with E-state index < -0.39 is 21.5 Å². The second kappa shape index (κ2) is 4.00. The van der Waals surface area contributed by atoms with Gasteiger partial charge in [0.2, 0.25) is 5.91 Å². The molecule has 0 spiro atoms. The second-order valence-corrected chi connectivity index (χ2v) is 6.47. The van der Waals surface area contributed by atoms with Gasteiger partial charge in [0, 0.05) is 0 Å². The van der Waals surface area contributed by atoms with Crippen molar-refractivity contribution in [3.05, 3.63) is 11.8 Å². The number of nitrogens with zero attached hydrogens (tertiary/aromatic N) is 1. The minimum atomic E-state index is -3.67. The topological polar surface area (TPSA) is 101 Å². The number of fused-ring (bicyclic) bond motifs is 1. The van der Waals surface area contributed by atoms with Crippen LogP contribution in [0.25, 0.3) is 0 Å². The van der Waals surface area contributed by atoms with Crippen LogP contribution >= 0.6 is 11.8 Å². The summed E-state index contributed by atoms with van der Waals surface area (Å²) in [6.45, 7) is 0. The summed E-state index contributed by atoms with van der Waals surface area (Å²) in [7, 11) is -3.67. The Kier molecular flexibility index (Phi) is 2.92. The minimum absolute atomic E-state index is 0.193. The Morgan fingerprint density at radius 2 is 2.29 bits per heavy atom. The first-order valence-electron chi connectivity index (χ1n) is 4.59. The van der Waals surface area contributed by atoms with Crippen molar-refractivity contribution in [2.75, 3.05) is 6.26 Å². The zero-order valence-corrected chi connectivity index (χ0v) is 10.3. The zero-order valence-electron chi connectivity index (χ0n) is 8.69. The summed E-state index contributed by atoms with van der Waals surface area (Å²) in [6, 6.07) is 0. The molecule has 94 valence electrons. The number of carboxylic acid groups (broad SMARTS) is 1. The molecule has 0 aromatic rings. The fourth-order valence-corrected chi connectivity index (χ4v) is 3.70. The first-order chi connectivity index (χ1) is 7.78. The Labute approximate surface area is 102 Å². The maximum Gasteiger partial charge on any atom is 0.352 e. The number of β-lactam (4-membered cyclic amide) rings is 1. The molecular formula is C8H9NO6S2. The van der Waals surface area contributed by atoms with E-state index in [9.17, 15) is 18.0 Å². The predicted molar refractivity (Wildman–Crippen MR) is 58.3 cm³/mol. The highest BCUT2D eigenvalue weighted by molar-refractivity contribution is 8.01. The molecule has 1 amide bonds. The van der Waals surface area contributed by atoms with Crippen molar-refractivity contribution < 1.29 is 27.3 Å². The van der Waals surface area contributed by atoms with Gasteiger partial charge < -0.3 is 5.11 Å². The molecule has 2 atom stereocenters. The SMILES string of the molecule is CS(=O)(=O)OC1C=C(C(=O)O)N2C(=O)C[C@H]2S1. The van der Waals surface area contributed by atoms with E-state index >= 15 is 0 Å². The number of thioether (sulfide) groups is 1. The molecular weight excluding hydrogens is 270 g/mol. The fraction of sp³-hybridized carbons (Fsp3) is 0.500. The summed E-state index contributed by atoms with van der Waals surface area (Å²) in [5, 5.41) is 8.56. The maximum absolute atomic E-state index is 11.2. The van der Waals surface area contributed by atoms with E-state index in [4.69, 9.17) is 9.29 Å². The highest BCUT2D eigenvalue weighted by Crippen LogP contribution is 2.41. The quantitative estimate of drug-likeness (QED) is 0.552. The molecule has 2 aliphatic rings. The summed E-state index contributed by atoms with van der Waals surface area (Å²) in [5.41, 5.74) is -1.12. The van der Waals surface area contributed by atoms with Gasteiger partial charge >= 0.3 is 5.97 Å². The van der Waals surface area contributed by atoms with E-state index in [1.54, 1.807) is 0 Å². The summed E-state index contributed by atoms with van der Waals surface area (Å²) < 4.78 is 26.6. The minimum Gasteiger partial charge on any atom is -0.477 e. The third kappa shape index (κ3) is 2.45. The van der Waals surface area contributed by atoms with E-state index in [0.717, 1.165) is 29.0 Å². The molecule has 1 unspecified atom stereocenters. The zero-order chi connectivity index (χ0) is 12.8. The van der Waals surface area contributed by atoms with Crippen molar-refractivity contribution in [2.45, 2.75) is 17.2 Å². The molecule has 1 fully saturated rings. The van der Waals surface area contributed by atoms with Crippen LogP contribution in [0.3, 0.4) is 0 Å². The monoisotopic (exact) mass is 279 g/mol. The van der Waals surface area contributed by atoms with Crippen molar-refractivity contribution in [3.8, 4) is 0 Å². The predicted octanol–water partition coefficient (Wildman–Crippen LogP) is -0.438. The molecule has 0 aromatic heterocycles. The highest BCUT2D eigenvalue weighted by Gasteiger charge is 2.46. The van der Waals surface area contributed by atoms with Crippen molar-refractivity contribution in [1.82, 2.24) is 4.90 Å². The lowest BCUT2D eigenvalue weighted by Crippen LogP contribution is -2.54. The van der Waals surface area contributed by atoms with Gasteiger partial charge in [-0.1, -0.05) is 11.8 Å². The van der Waals surface area contributed by atoms with Gasteiger partial charge in [-0.2, -0.15) is 8.42 Å². The summed E-state index contributed by atoms with van der Waals surface area (Å²) in [4.78, 5) is 23.3. The van der Waals surface area contributed by atoms with E-state index in [0.29, 0.717) is 0 Å². The van der Waals surface area contributed by atoms with E-state index in [2.05, 4.69) is 0 Å². The third-order valence-electron chi connectivity index (χ3n) is 2.24. The molecule has 7 nitrogen and oxygen atoms in total. The number of carboxylic acids is 1. The van der Waals surface area contributed by atoms with Gasteiger partial charge in [-0.3, -0.25) is 13.9 Å². The Hall–Kier alpha value is -1.06. The van der Waals surface area contributed by atoms with Crippen molar-refractivity contribution in [1.29, 1.82) is 0 Å². The van der Waals surface area contributed by atoms with Crippen molar-refractivity contribution in [2.24, 2.45) is 0 Å². The third-order valence-corrected chi connectivity index (χ3v) is 4.11. The summed E-state index contributed by atoms with van der Waals surface area (Å²) in [6.07, 6.45) is 2.21. The van der Waals surface area contributed by atoms with Crippen LogP contribution in [0.2, 0.25) is 0 Å². The smallest absolute Gasteiger partial charge is 0.352 e. The average Bonchev–Trinajstić information content (AvgIpc) is 2.12. The standard InChI is InChI=1S/C8H9NO6S2/c1-17(13,14)15-7-2-4(8(11)12)9-5(10)3-6(9)16-7/h2,6-7H,3H2,1H3,(H,11,12)/t6-,7?/m1/s1. The van der Waals surface area contributed by atoms with Gasteiger partial charge in [0.05, 0.1) is 18.1 Å². The molecule has 2 rings (SSSR count). The number of hydrogen-bond donors (Lipinski definition) is 1. The lowest BCUT2D eigenvalue weighted by Gasteiger charge is -2.43. The second-order valence-electron chi connectivity index (χ2n) is 3.58. The molecule has 9 heteroatoms. The summed E-state index contributed by atoms with van der Waals surface area (Å²) >= 11 is 1.10. The molecule has 0 bridgehead atoms. The number of carbonyl (C=O) groups excluding carboxylic acids is 1. The Morgan fingerprint density at radius 3 is 2.76 bits per heavy atom. The number of aliphatic carboxylic acids is 1. The van der Waals surface area contributed by atoms with Crippen LogP contribution in [0.15, 0.2) is 11.8 Å². The Balaban J connectivity index is 2.25. The molecule has 0 aliphatic carbocycles. The van der Waals surface area contributed by atoms with Gasteiger partial charge in [0.1, 0.15) is 11.1 Å². The molecule has 2 aliphatic heterocycles. The Bertz CT molecular complexity index is 510. The van der Waals surface area contributed by atoms with E-state index in [-0.39, 0.29) is 23.4 Å². The molecule has 2 heterocycles. The van der Waals surface area contributed by atoms with Gasteiger partial charge in [0.15, 0.2) is 0 Å². The van der Waals surface area contributed by atoms with Crippen LogP contribution in [0.5, 0.6) is 0 Å². The molecule has 0 aromatic carbocycles.